The number of nitrogens with one attached hydrogen (secondary N) is 1. The second-order valence-corrected chi connectivity index (χ2v) is 10.4. The van der Waals surface area contributed by atoms with Gasteiger partial charge in [-0.1, -0.05) is 36.8 Å². The van der Waals surface area contributed by atoms with Crippen molar-refractivity contribution in [2.45, 2.75) is 52.6 Å². The molecule has 0 aromatic heterocycles. The molecule has 0 saturated carbocycles. The van der Waals surface area contributed by atoms with Crippen LogP contribution in [0.5, 0.6) is 5.75 Å². The number of hydrogen-bond acceptors (Lipinski definition) is 5. The third kappa shape index (κ3) is 8.28. The zero-order chi connectivity index (χ0) is 26.0. The van der Waals surface area contributed by atoms with Crippen molar-refractivity contribution in [3.05, 3.63) is 59.7 Å². The molecule has 192 valence electrons. The van der Waals surface area contributed by atoms with E-state index in [0.717, 1.165) is 17.4 Å². The minimum atomic E-state index is -3.51. The molecule has 2 aromatic rings. The van der Waals surface area contributed by atoms with E-state index in [2.05, 4.69) is 5.32 Å². The predicted octanol–water partition coefficient (Wildman–Crippen LogP) is 3.49. The van der Waals surface area contributed by atoms with Gasteiger partial charge in [0, 0.05) is 26.1 Å². The maximum Gasteiger partial charge on any atom is 0.242 e. The van der Waals surface area contributed by atoms with Crippen LogP contribution in [-0.4, -0.2) is 57.6 Å². The van der Waals surface area contributed by atoms with Gasteiger partial charge in [0.15, 0.2) is 0 Å². The van der Waals surface area contributed by atoms with Crippen LogP contribution in [0.25, 0.3) is 0 Å². The molecule has 2 aromatic carbocycles. The molecule has 1 N–H and O–H groups in total. The Labute approximate surface area is 209 Å². The van der Waals surface area contributed by atoms with Crippen LogP contribution < -0.4 is 14.4 Å². The van der Waals surface area contributed by atoms with Gasteiger partial charge in [-0.05, 0) is 56.5 Å². The highest BCUT2D eigenvalue weighted by molar-refractivity contribution is 7.92. The number of carbonyl (C=O) groups excluding carboxylic acids is 2. The van der Waals surface area contributed by atoms with Gasteiger partial charge in [0.25, 0.3) is 0 Å². The second-order valence-electron chi connectivity index (χ2n) is 8.46. The van der Waals surface area contributed by atoms with Crippen LogP contribution in [0.2, 0.25) is 0 Å². The number of aryl methyl sites for hydroxylation is 1. The Bertz CT molecular complexity index is 1070. The molecule has 2 amide bonds. The van der Waals surface area contributed by atoms with Crippen molar-refractivity contribution >= 4 is 27.5 Å². The molecule has 0 radical (unpaired) electrons. The normalized spacial score (nSPS) is 12.0. The molecule has 0 bridgehead atoms. The van der Waals surface area contributed by atoms with Gasteiger partial charge in [0.2, 0.25) is 21.8 Å². The summed E-state index contributed by atoms with van der Waals surface area (Å²) >= 11 is 0. The molecule has 2 rings (SSSR count). The zero-order valence-electron chi connectivity index (χ0n) is 21.3. The lowest BCUT2D eigenvalue weighted by molar-refractivity contribution is -0.141. The van der Waals surface area contributed by atoms with Gasteiger partial charge in [-0.25, -0.2) is 8.42 Å². The van der Waals surface area contributed by atoms with Gasteiger partial charge < -0.3 is 15.0 Å². The summed E-state index contributed by atoms with van der Waals surface area (Å²) in [5.41, 5.74) is 2.47. The van der Waals surface area contributed by atoms with Gasteiger partial charge in [0.05, 0.1) is 19.1 Å². The number of benzene rings is 2. The first-order valence-corrected chi connectivity index (χ1v) is 13.7. The molecular weight excluding hydrogens is 466 g/mol. The molecule has 0 fully saturated rings. The number of ether oxygens (including phenoxy) is 1. The quantitative estimate of drug-likeness (QED) is 0.451. The van der Waals surface area contributed by atoms with E-state index < -0.39 is 16.1 Å². The molecule has 0 spiro atoms. The van der Waals surface area contributed by atoms with Crippen LogP contribution in [0.4, 0.5) is 5.69 Å². The van der Waals surface area contributed by atoms with E-state index in [1.165, 1.54) is 4.31 Å². The molecule has 1 atom stereocenters. The average Bonchev–Trinajstić information content (AvgIpc) is 2.82. The third-order valence-corrected chi connectivity index (χ3v) is 6.92. The summed E-state index contributed by atoms with van der Waals surface area (Å²) in [6.45, 7) is 6.56. The largest absolute Gasteiger partial charge is 0.497 e. The summed E-state index contributed by atoms with van der Waals surface area (Å²) in [4.78, 5) is 27.7. The van der Waals surface area contributed by atoms with Crippen LogP contribution in [0.1, 0.15) is 44.2 Å². The number of sulfonamides is 1. The Morgan fingerprint density at radius 1 is 1.03 bits per heavy atom. The van der Waals surface area contributed by atoms with E-state index in [0.29, 0.717) is 30.8 Å². The van der Waals surface area contributed by atoms with E-state index in [-0.39, 0.29) is 31.3 Å². The fraction of sp³-hybridized carbons (Fsp3) is 0.462. The van der Waals surface area contributed by atoms with Crippen molar-refractivity contribution in [2.24, 2.45) is 0 Å². The van der Waals surface area contributed by atoms with Gasteiger partial charge in [-0.3, -0.25) is 13.9 Å². The zero-order valence-corrected chi connectivity index (χ0v) is 22.1. The lowest BCUT2D eigenvalue weighted by atomic mass is 10.1. The molecule has 35 heavy (non-hydrogen) atoms. The summed E-state index contributed by atoms with van der Waals surface area (Å²) in [7, 11) is -1.93. The van der Waals surface area contributed by atoms with E-state index in [1.807, 2.05) is 57.2 Å². The lowest BCUT2D eigenvalue weighted by Gasteiger charge is -2.31. The summed E-state index contributed by atoms with van der Waals surface area (Å²) < 4.78 is 31.3. The van der Waals surface area contributed by atoms with E-state index >= 15 is 0 Å². The number of methoxy groups -OCH3 is 1. The van der Waals surface area contributed by atoms with Crippen molar-refractivity contribution in [3.63, 3.8) is 0 Å². The van der Waals surface area contributed by atoms with Crippen LogP contribution >= 0.6 is 0 Å². The maximum atomic E-state index is 13.3. The summed E-state index contributed by atoms with van der Waals surface area (Å²) in [6, 6.07) is 14.0. The van der Waals surface area contributed by atoms with Crippen molar-refractivity contribution in [3.8, 4) is 5.75 Å². The Morgan fingerprint density at radius 2 is 1.66 bits per heavy atom. The molecule has 9 heteroatoms. The van der Waals surface area contributed by atoms with Crippen LogP contribution in [-0.2, 0) is 26.2 Å². The Balaban J connectivity index is 2.19. The van der Waals surface area contributed by atoms with Gasteiger partial charge >= 0.3 is 0 Å². The van der Waals surface area contributed by atoms with E-state index in [1.54, 1.807) is 24.1 Å². The second kappa shape index (κ2) is 13.1. The molecule has 0 unspecified atom stereocenters. The minimum absolute atomic E-state index is 0.115. The van der Waals surface area contributed by atoms with Crippen molar-refractivity contribution < 1.29 is 22.7 Å². The molecule has 0 aliphatic carbocycles. The molecule has 0 heterocycles. The minimum Gasteiger partial charge on any atom is -0.497 e. The Kier molecular flexibility index (Phi) is 10.6. The highest BCUT2D eigenvalue weighted by atomic mass is 32.2. The van der Waals surface area contributed by atoms with E-state index in [9.17, 15) is 18.0 Å². The number of carbonyl (C=O) groups is 2. The topological polar surface area (TPSA) is 96.0 Å². The SMILES string of the molecule is CCNC(=O)[C@H](CC)N(Cc1ccc(OC)cc1)C(=O)CCCN(c1ccc(C)cc1)S(C)(=O)=O. The molecular formula is C26H37N3O5S. The Morgan fingerprint density at radius 3 is 2.17 bits per heavy atom. The van der Waals surface area contributed by atoms with E-state index in [4.69, 9.17) is 4.74 Å². The van der Waals surface area contributed by atoms with Gasteiger partial charge in [-0.15, -0.1) is 0 Å². The summed E-state index contributed by atoms with van der Waals surface area (Å²) in [6.07, 6.45) is 2.06. The predicted molar refractivity (Wildman–Crippen MR) is 139 cm³/mol. The van der Waals surface area contributed by atoms with Crippen LogP contribution in [0.3, 0.4) is 0 Å². The van der Waals surface area contributed by atoms with Crippen LogP contribution in [0.15, 0.2) is 48.5 Å². The Hall–Kier alpha value is -3.07. The number of amides is 2. The lowest BCUT2D eigenvalue weighted by Crippen LogP contribution is -2.49. The number of anilines is 1. The average molecular weight is 504 g/mol. The van der Waals surface area contributed by atoms with Gasteiger partial charge in [0.1, 0.15) is 11.8 Å². The van der Waals surface area contributed by atoms with Crippen LogP contribution in [0, 0.1) is 6.92 Å². The number of nitrogens with zero attached hydrogens (tertiary/aromatic N) is 2. The maximum absolute atomic E-state index is 13.3. The fourth-order valence-corrected chi connectivity index (χ4v) is 4.82. The van der Waals surface area contributed by atoms with Crippen molar-refractivity contribution in [2.75, 3.05) is 30.8 Å². The summed E-state index contributed by atoms with van der Waals surface area (Å²) in [5.74, 6) is 0.310. The molecule has 0 saturated heterocycles. The van der Waals surface area contributed by atoms with Gasteiger partial charge in [-0.2, -0.15) is 0 Å². The first-order chi connectivity index (χ1) is 16.6. The first kappa shape index (κ1) is 28.2. The number of likely N-dealkylation sites (N-methyl/N-ethyl adjacent to an activating group) is 1. The molecule has 8 nitrogen and oxygen atoms in total. The molecule has 0 aliphatic heterocycles. The number of rotatable bonds is 13. The number of hydrogen-bond donors (Lipinski definition) is 1. The third-order valence-electron chi connectivity index (χ3n) is 5.72. The highest BCUT2D eigenvalue weighted by Crippen LogP contribution is 2.21. The highest BCUT2D eigenvalue weighted by Gasteiger charge is 2.28. The molecule has 0 aliphatic rings. The monoisotopic (exact) mass is 503 g/mol. The summed E-state index contributed by atoms with van der Waals surface area (Å²) in [5, 5.41) is 2.82. The smallest absolute Gasteiger partial charge is 0.242 e. The van der Waals surface area contributed by atoms with Crippen molar-refractivity contribution in [1.29, 1.82) is 0 Å². The fourth-order valence-electron chi connectivity index (χ4n) is 3.85. The first-order valence-electron chi connectivity index (χ1n) is 11.8. The standard InChI is InChI=1S/C26H37N3O5S/c1-6-24(26(31)27-7-2)28(19-21-12-16-23(34-4)17-13-21)25(30)9-8-18-29(35(5,32)33)22-14-10-20(3)11-15-22/h10-17,24H,6-9,18-19H2,1-5H3,(H,27,31)/t24-/m0/s1. The van der Waals surface area contributed by atoms with Crippen molar-refractivity contribution in [1.82, 2.24) is 10.2 Å².